The summed E-state index contributed by atoms with van der Waals surface area (Å²) in [5, 5.41) is 3.24. The largest absolute Gasteiger partial charge is 0.481 e. The molecule has 100 valence electrons. The molecule has 1 aliphatic rings. The number of nitrogens with zero attached hydrogens (tertiary/aromatic N) is 2. The second-order valence-corrected chi connectivity index (χ2v) is 4.71. The van der Waals surface area contributed by atoms with Gasteiger partial charge in [0.1, 0.15) is 0 Å². The Kier molecular flexibility index (Phi) is 4.75. The van der Waals surface area contributed by atoms with Gasteiger partial charge < -0.3 is 14.8 Å². The van der Waals surface area contributed by atoms with Crippen LogP contribution in [-0.2, 0) is 4.74 Å². The van der Waals surface area contributed by atoms with Gasteiger partial charge in [-0.15, -0.1) is 0 Å². The number of nitrogens with one attached hydrogen (secondary N) is 1. The molecule has 1 N–H and O–H groups in total. The lowest BCUT2D eigenvalue weighted by molar-refractivity contribution is 0.00165. The van der Waals surface area contributed by atoms with E-state index in [1.165, 1.54) is 0 Å². The van der Waals surface area contributed by atoms with Gasteiger partial charge in [0.25, 0.3) is 0 Å². The summed E-state index contributed by atoms with van der Waals surface area (Å²) in [6.45, 7) is 3.93. The Bertz CT molecular complexity index is 373. The van der Waals surface area contributed by atoms with Gasteiger partial charge in [0, 0.05) is 25.4 Å². The molecular formula is C13H21N3O2. The van der Waals surface area contributed by atoms with Gasteiger partial charge in [-0.05, 0) is 32.1 Å². The normalized spacial score (nSPS) is 23.7. The number of hydrogen-bond acceptors (Lipinski definition) is 5. The highest BCUT2D eigenvalue weighted by Crippen LogP contribution is 2.22. The van der Waals surface area contributed by atoms with E-state index in [0.29, 0.717) is 17.9 Å². The molecule has 2 unspecified atom stereocenters. The summed E-state index contributed by atoms with van der Waals surface area (Å²) in [4.78, 5) is 8.38. The molecule has 0 bridgehead atoms. The maximum atomic E-state index is 5.54. The van der Waals surface area contributed by atoms with Crippen molar-refractivity contribution in [2.24, 2.45) is 5.92 Å². The minimum atomic E-state index is 0.400. The van der Waals surface area contributed by atoms with Gasteiger partial charge in [-0.3, -0.25) is 0 Å². The van der Waals surface area contributed by atoms with Crippen molar-refractivity contribution in [3.63, 3.8) is 0 Å². The highest BCUT2D eigenvalue weighted by molar-refractivity contribution is 5.27. The molecule has 0 spiro atoms. The van der Waals surface area contributed by atoms with Crippen LogP contribution in [0.1, 0.15) is 26.2 Å². The molecule has 0 aliphatic carbocycles. The Balaban J connectivity index is 1.74. The van der Waals surface area contributed by atoms with Gasteiger partial charge >= 0.3 is 0 Å². The molecule has 5 heteroatoms. The van der Waals surface area contributed by atoms with E-state index in [0.717, 1.165) is 38.3 Å². The molecule has 1 saturated heterocycles. The Hall–Kier alpha value is -1.36. The van der Waals surface area contributed by atoms with Crippen LogP contribution in [0.3, 0.4) is 0 Å². The second-order valence-electron chi connectivity index (χ2n) is 4.71. The maximum Gasteiger partial charge on any atom is 0.225 e. The van der Waals surface area contributed by atoms with Crippen LogP contribution in [0.2, 0.25) is 0 Å². The van der Waals surface area contributed by atoms with Crippen molar-refractivity contribution in [2.45, 2.75) is 32.3 Å². The summed E-state index contributed by atoms with van der Waals surface area (Å²) in [5.74, 6) is 1.97. The number of rotatable bonds is 5. The smallest absolute Gasteiger partial charge is 0.225 e. The molecule has 5 nitrogen and oxygen atoms in total. The van der Waals surface area contributed by atoms with Gasteiger partial charge in [0.2, 0.25) is 11.8 Å². The van der Waals surface area contributed by atoms with Crippen molar-refractivity contribution in [2.75, 3.05) is 25.6 Å². The minimum absolute atomic E-state index is 0.400. The first-order valence-electron chi connectivity index (χ1n) is 6.50. The van der Waals surface area contributed by atoms with Crippen LogP contribution >= 0.6 is 0 Å². The van der Waals surface area contributed by atoms with Crippen LogP contribution < -0.4 is 10.1 Å². The van der Waals surface area contributed by atoms with Crippen molar-refractivity contribution in [3.05, 3.63) is 12.3 Å². The number of hydrogen-bond donors (Lipinski definition) is 1. The standard InChI is InChI=1S/C13H21N3O2/c1-10-9-11(5-8-18-10)3-6-14-13-15-7-4-12(16-13)17-2/h4,7,10-11H,3,5-6,8-9H2,1-2H3,(H,14,15,16). The Morgan fingerprint density at radius 1 is 1.56 bits per heavy atom. The predicted octanol–water partition coefficient (Wildman–Crippen LogP) is 2.10. The van der Waals surface area contributed by atoms with Crippen LogP contribution in [-0.4, -0.2) is 36.3 Å². The highest BCUT2D eigenvalue weighted by Gasteiger charge is 2.18. The van der Waals surface area contributed by atoms with Crippen molar-refractivity contribution in [3.8, 4) is 5.88 Å². The van der Waals surface area contributed by atoms with E-state index in [9.17, 15) is 0 Å². The molecule has 0 aromatic carbocycles. The summed E-state index contributed by atoms with van der Waals surface area (Å²) in [6.07, 6.45) is 5.54. The van der Waals surface area contributed by atoms with Crippen molar-refractivity contribution < 1.29 is 9.47 Å². The number of ether oxygens (including phenoxy) is 2. The van der Waals surface area contributed by atoms with Gasteiger partial charge in [-0.1, -0.05) is 0 Å². The molecule has 0 amide bonds. The summed E-state index contributed by atoms with van der Waals surface area (Å²) in [6, 6.07) is 1.74. The highest BCUT2D eigenvalue weighted by atomic mass is 16.5. The fraction of sp³-hybridized carbons (Fsp3) is 0.692. The first kappa shape index (κ1) is 13.1. The van der Waals surface area contributed by atoms with E-state index in [4.69, 9.17) is 9.47 Å². The number of anilines is 1. The summed E-state index contributed by atoms with van der Waals surface area (Å²) in [5.41, 5.74) is 0. The van der Waals surface area contributed by atoms with Crippen LogP contribution in [0, 0.1) is 5.92 Å². The molecule has 2 atom stereocenters. The number of aromatic nitrogens is 2. The number of methoxy groups -OCH3 is 1. The Morgan fingerprint density at radius 2 is 2.44 bits per heavy atom. The molecular weight excluding hydrogens is 230 g/mol. The Labute approximate surface area is 108 Å². The van der Waals surface area contributed by atoms with Crippen molar-refractivity contribution >= 4 is 5.95 Å². The lowest BCUT2D eigenvalue weighted by atomic mass is 9.93. The van der Waals surface area contributed by atoms with E-state index in [1.54, 1.807) is 19.4 Å². The van der Waals surface area contributed by atoms with E-state index in [2.05, 4.69) is 22.2 Å². The molecule has 18 heavy (non-hydrogen) atoms. The zero-order valence-electron chi connectivity index (χ0n) is 11.1. The summed E-state index contributed by atoms with van der Waals surface area (Å²) in [7, 11) is 1.61. The molecule has 1 aromatic rings. The van der Waals surface area contributed by atoms with Gasteiger partial charge in [-0.2, -0.15) is 4.98 Å². The van der Waals surface area contributed by atoms with Crippen molar-refractivity contribution in [1.29, 1.82) is 0 Å². The van der Waals surface area contributed by atoms with E-state index in [1.807, 2.05) is 0 Å². The first-order valence-corrected chi connectivity index (χ1v) is 6.50. The minimum Gasteiger partial charge on any atom is -0.481 e. The molecule has 1 fully saturated rings. The predicted molar refractivity (Wildman–Crippen MR) is 69.8 cm³/mol. The van der Waals surface area contributed by atoms with Crippen LogP contribution in [0.15, 0.2) is 12.3 Å². The van der Waals surface area contributed by atoms with Gasteiger partial charge in [0.05, 0.1) is 13.2 Å². The zero-order chi connectivity index (χ0) is 12.8. The summed E-state index contributed by atoms with van der Waals surface area (Å²) >= 11 is 0. The Morgan fingerprint density at radius 3 is 3.22 bits per heavy atom. The van der Waals surface area contributed by atoms with Crippen LogP contribution in [0.4, 0.5) is 5.95 Å². The molecule has 0 saturated carbocycles. The average molecular weight is 251 g/mol. The van der Waals surface area contributed by atoms with Gasteiger partial charge in [-0.25, -0.2) is 4.98 Å². The average Bonchev–Trinajstić information content (AvgIpc) is 2.39. The van der Waals surface area contributed by atoms with Crippen molar-refractivity contribution in [1.82, 2.24) is 9.97 Å². The fourth-order valence-corrected chi connectivity index (χ4v) is 2.28. The van der Waals surface area contributed by atoms with E-state index < -0.39 is 0 Å². The third-order valence-electron chi connectivity index (χ3n) is 3.27. The molecule has 1 aliphatic heterocycles. The lowest BCUT2D eigenvalue weighted by Gasteiger charge is -2.27. The van der Waals surface area contributed by atoms with E-state index in [-0.39, 0.29) is 0 Å². The second kappa shape index (κ2) is 6.54. The first-order chi connectivity index (χ1) is 8.78. The summed E-state index contributed by atoms with van der Waals surface area (Å²) < 4.78 is 10.6. The quantitative estimate of drug-likeness (QED) is 0.868. The topological polar surface area (TPSA) is 56.3 Å². The van der Waals surface area contributed by atoms with E-state index >= 15 is 0 Å². The van der Waals surface area contributed by atoms with Crippen LogP contribution in [0.5, 0.6) is 5.88 Å². The SMILES string of the molecule is COc1ccnc(NCCC2CCOC(C)C2)n1. The third-order valence-corrected chi connectivity index (χ3v) is 3.27. The molecule has 2 rings (SSSR count). The molecule has 0 radical (unpaired) electrons. The zero-order valence-corrected chi connectivity index (χ0v) is 11.1. The fourth-order valence-electron chi connectivity index (χ4n) is 2.28. The maximum absolute atomic E-state index is 5.54. The monoisotopic (exact) mass is 251 g/mol. The third kappa shape index (κ3) is 3.84. The van der Waals surface area contributed by atoms with Crippen LogP contribution in [0.25, 0.3) is 0 Å². The molecule has 2 heterocycles. The van der Waals surface area contributed by atoms with Gasteiger partial charge in [0.15, 0.2) is 0 Å². The molecule has 1 aromatic heterocycles. The lowest BCUT2D eigenvalue weighted by Crippen LogP contribution is -2.24.